The molecular formula is C14H20BrClN2O. The number of hydrogen-bond donors (Lipinski definition) is 1. The second-order valence-corrected chi connectivity index (χ2v) is 5.79. The molecule has 0 unspecified atom stereocenters. The Labute approximate surface area is 129 Å². The minimum Gasteiger partial charge on any atom is -0.339 e. The Morgan fingerprint density at radius 3 is 2.58 bits per heavy atom. The van der Waals surface area contributed by atoms with Crippen molar-refractivity contribution in [2.24, 2.45) is 11.7 Å². The van der Waals surface area contributed by atoms with Gasteiger partial charge in [-0.05, 0) is 49.9 Å². The standard InChI is InChI=1S/C14H19BrN2O.ClH/c1-10-2-3-12(8-13(10)15)14(18)17-6-4-11(9-16)5-7-17;/h2-3,8,11H,4-7,9,16H2,1H3;1H. The van der Waals surface area contributed by atoms with Crippen LogP contribution in [-0.4, -0.2) is 30.4 Å². The van der Waals surface area contributed by atoms with Crippen LogP contribution in [0.3, 0.4) is 0 Å². The van der Waals surface area contributed by atoms with E-state index in [1.165, 1.54) is 0 Å². The number of rotatable bonds is 2. The zero-order valence-electron chi connectivity index (χ0n) is 11.1. The van der Waals surface area contributed by atoms with Crippen LogP contribution < -0.4 is 5.73 Å². The zero-order valence-corrected chi connectivity index (χ0v) is 13.5. The van der Waals surface area contributed by atoms with Crippen molar-refractivity contribution in [2.45, 2.75) is 19.8 Å². The quantitative estimate of drug-likeness (QED) is 0.894. The molecule has 0 aromatic heterocycles. The molecule has 1 fully saturated rings. The Hall–Kier alpha value is -0.580. The lowest BCUT2D eigenvalue weighted by atomic mass is 9.96. The minimum absolute atomic E-state index is 0. The van der Waals surface area contributed by atoms with Gasteiger partial charge >= 0.3 is 0 Å². The van der Waals surface area contributed by atoms with Gasteiger partial charge in [0.25, 0.3) is 5.91 Å². The SMILES string of the molecule is Cc1ccc(C(=O)N2CCC(CN)CC2)cc1Br.Cl. The molecule has 1 aromatic rings. The highest BCUT2D eigenvalue weighted by Crippen LogP contribution is 2.21. The lowest BCUT2D eigenvalue weighted by molar-refractivity contribution is 0.0693. The fourth-order valence-corrected chi connectivity index (χ4v) is 2.66. The highest BCUT2D eigenvalue weighted by atomic mass is 79.9. The average Bonchev–Trinajstić information content (AvgIpc) is 2.41. The molecule has 1 aliphatic rings. The van der Waals surface area contributed by atoms with E-state index in [-0.39, 0.29) is 18.3 Å². The van der Waals surface area contributed by atoms with Crippen LogP contribution in [0.15, 0.2) is 22.7 Å². The number of likely N-dealkylation sites (tertiary alicyclic amines) is 1. The Morgan fingerprint density at radius 1 is 1.42 bits per heavy atom. The highest BCUT2D eigenvalue weighted by molar-refractivity contribution is 9.10. The first-order valence-corrected chi connectivity index (χ1v) is 7.16. The first-order chi connectivity index (χ1) is 8.61. The van der Waals surface area contributed by atoms with Gasteiger partial charge in [-0.2, -0.15) is 0 Å². The lowest BCUT2D eigenvalue weighted by Gasteiger charge is -2.31. The third-order valence-electron chi connectivity index (χ3n) is 3.65. The number of piperidine rings is 1. The summed E-state index contributed by atoms with van der Waals surface area (Å²) in [6.45, 7) is 4.40. The Morgan fingerprint density at radius 2 is 2.05 bits per heavy atom. The molecule has 1 aromatic carbocycles. The van der Waals surface area contributed by atoms with Crippen LogP contribution in [0, 0.1) is 12.8 Å². The maximum Gasteiger partial charge on any atom is 0.253 e. The van der Waals surface area contributed by atoms with E-state index >= 15 is 0 Å². The second kappa shape index (κ2) is 7.27. The summed E-state index contributed by atoms with van der Waals surface area (Å²) in [6, 6.07) is 5.79. The predicted octanol–water partition coefficient (Wildman–Crippen LogP) is 2.99. The molecule has 0 spiro atoms. The van der Waals surface area contributed by atoms with Crippen LogP contribution in [0.25, 0.3) is 0 Å². The molecular weight excluding hydrogens is 328 g/mol. The van der Waals surface area contributed by atoms with Crippen LogP contribution >= 0.6 is 28.3 Å². The van der Waals surface area contributed by atoms with Crippen molar-refractivity contribution in [1.82, 2.24) is 4.90 Å². The van der Waals surface area contributed by atoms with Crippen LogP contribution in [0.5, 0.6) is 0 Å². The summed E-state index contributed by atoms with van der Waals surface area (Å²) in [5.41, 5.74) is 7.57. The van der Waals surface area contributed by atoms with E-state index in [4.69, 9.17) is 5.73 Å². The van der Waals surface area contributed by atoms with Crippen molar-refractivity contribution in [3.63, 3.8) is 0 Å². The van der Waals surface area contributed by atoms with E-state index in [1.807, 2.05) is 30.0 Å². The number of hydrogen-bond acceptors (Lipinski definition) is 2. The summed E-state index contributed by atoms with van der Waals surface area (Å²) in [6.07, 6.45) is 2.05. The van der Waals surface area contributed by atoms with Crippen molar-refractivity contribution in [3.8, 4) is 0 Å². The molecule has 1 aliphatic heterocycles. The van der Waals surface area contributed by atoms with Crippen LogP contribution in [0.2, 0.25) is 0 Å². The third-order valence-corrected chi connectivity index (χ3v) is 4.51. The summed E-state index contributed by atoms with van der Waals surface area (Å²) >= 11 is 3.47. The van der Waals surface area contributed by atoms with Gasteiger partial charge < -0.3 is 10.6 Å². The van der Waals surface area contributed by atoms with Crippen LogP contribution in [-0.2, 0) is 0 Å². The maximum atomic E-state index is 12.3. The molecule has 19 heavy (non-hydrogen) atoms. The Kier molecular flexibility index (Phi) is 6.30. The molecule has 106 valence electrons. The topological polar surface area (TPSA) is 46.3 Å². The van der Waals surface area contributed by atoms with E-state index in [9.17, 15) is 4.79 Å². The predicted molar refractivity (Wildman–Crippen MR) is 83.8 cm³/mol. The fraction of sp³-hybridized carbons (Fsp3) is 0.500. The van der Waals surface area contributed by atoms with Gasteiger partial charge in [0.2, 0.25) is 0 Å². The van der Waals surface area contributed by atoms with Crippen LogP contribution in [0.4, 0.5) is 0 Å². The summed E-state index contributed by atoms with van der Waals surface area (Å²) in [5.74, 6) is 0.713. The maximum absolute atomic E-state index is 12.3. The van der Waals surface area contributed by atoms with E-state index in [2.05, 4.69) is 15.9 Å². The molecule has 0 bridgehead atoms. The Balaban J connectivity index is 0.00000180. The molecule has 0 saturated carbocycles. The number of carbonyl (C=O) groups is 1. The number of benzene rings is 1. The lowest BCUT2D eigenvalue weighted by Crippen LogP contribution is -2.40. The van der Waals surface area contributed by atoms with E-state index in [0.717, 1.165) is 48.1 Å². The molecule has 1 amide bonds. The number of nitrogens with two attached hydrogens (primary N) is 1. The molecule has 2 N–H and O–H groups in total. The van der Waals surface area contributed by atoms with Gasteiger partial charge in [0.05, 0.1) is 0 Å². The van der Waals surface area contributed by atoms with E-state index < -0.39 is 0 Å². The molecule has 0 aliphatic carbocycles. The number of halogens is 2. The van der Waals surface area contributed by atoms with Gasteiger partial charge in [-0.1, -0.05) is 22.0 Å². The first-order valence-electron chi connectivity index (χ1n) is 6.37. The number of nitrogens with zero attached hydrogens (tertiary/aromatic N) is 1. The van der Waals surface area contributed by atoms with Gasteiger partial charge in [-0.25, -0.2) is 0 Å². The highest BCUT2D eigenvalue weighted by Gasteiger charge is 2.22. The molecule has 2 rings (SSSR count). The summed E-state index contributed by atoms with van der Waals surface area (Å²) in [4.78, 5) is 14.3. The van der Waals surface area contributed by atoms with Gasteiger partial charge in [-0.15, -0.1) is 12.4 Å². The van der Waals surface area contributed by atoms with Gasteiger partial charge in [-0.3, -0.25) is 4.79 Å². The van der Waals surface area contributed by atoms with Crippen LogP contribution in [0.1, 0.15) is 28.8 Å². The van der Waals surface area contributed by atoms with E-state index in [1.54, 1.807) is 0 Å². The molecule has 3 nitrogen and oxygen atoms in total. The van der Waals surface area contributed by atoms with Crippen molar-refractivity contribution < 1.29 is 4.79 Å². The summed E-state index contributed by atoms with van der Waals surface area (Å²) < 4.78 is 0.991. The molecule has 0 radical (unpaired) electrons. The first kappa shape index (κ1) is 16.5. The minimum atomic E-state index is 0. The summed E-state index contributed by atoms with van der Waals surface area (Å²) in [5, 5.41) is 0. The monoisotopic (exact) mass is 346 g/mol. The summed E-state index contributed by atoms with van der Waals surface area (Å²) in [7, 11) is 0. The smallest absolute Gasteiger partial charge is 0.253 e. The second-order valence-electron chi connectivity index (χ2n) is 4.94. The molecule has 1 saturated heterocycles. The zero-order chi connectivity index (χ0) is 13.1. The van der Waals surface area contributed by atoms with Crippen molar-refractivity contribution in [1.29, 1.82) is 0 Å². The van der Waals surface area contributed by atoms with Gasteiger partial charge in [0.1, 0.15) is 0 Å². The number of aryl methyl sites for hydroxylation is 1. The third kappa shape index (κ3) is 3.94. The van der Waals surface area contributed by atoms with Crippen molar-refractivity contribution >= 4 is 34.2 Å². The number of carbonyl (C=O) groups excluding carboxylic acids is 1. The average molecular weight is 348 g/mol. The largest absolute Gasteiger partial charge is 0.339 e. The van der Waals surface area contributed by atoms with E-state index in [0.29, 0.717) is 5.92 Å². The number of amides is 1. The fourth-order valence-electron chi connectivity index (χ4n) is 2.28. The van der Waals surface area contributed by atoms with Crippen molar-refractivity contribution in [3.05, 3.63) is 33.8 Å². The normalized spacial score (nSPS) is 16.1. The van der Waals surface area contributed by atoms with Gasteiger partial charge in [0.15, 0.2) is 0 Å². The Bertz CT molecular complexity index is 445. The molecule has 0 atom stereocenters. The van der Waals surface area contributed by atoms with Gasteiger partial charge in [0, 0.05) is 23.1 Å². The van der Waals surface area contributed by atoms with Crippen molar-refractivity contribution in [2.75, 3.05) is 19.6 Å². The molecule has 1 heterocycles. The molecule has 5 heteroatoms.